The first-order valence-corrected chi connectivity index (χ1v) is 12.0. The molecule has 1 saturated carbocycles. The monoisotopic (exact) mass is 442 g/mol. The van der Waals surface area contributed by atoms with E-state index in [1.54, 1.807) is 6.20 Å². The summed E-state index contributed by atoms with van der Waals surface area (Å²) < 4.78 is 2.15. The molecule has 0 saturated heterocycles. The number of tetrazole rings is 1. The molecule has 1 aliphatic carbocycles. The van der Waals surface area contributed by atoms with Crippen LogP contribution < -0.4 is 0 Å². The van der Waals surface area contributed by atoms with Gasteiger partial charge in [-0.15, -0.1) is 10.2 Å². The minimum absolute atomic E-state index is 0.525. The van der Waals surface area contributed by atoms with Crippen LogP contribution in [-0.2, 0) is 13.0 Å². The van der Waals surface area contributed by atoms with E-state index >= 15 is 0 Å². The molecule has 0 atom stereocenters. The Labute approximate surface area is 193 Å². The highest BCUT2D eigenvalue weighted by molar-refractivity contribution is 5.79. The van der Waals surface area contributed by atoms with Crippen LogP contribution in [0.5, 0.6) is 0 Å². The number of aromatic nitrogens is 8. The van der Waals surface area contributed by atoms with Crippen LogP contribution in [0.1, 0.15) is 75.0 Å². The summed E-state index contributed by atoms with van der Waals surface area (Å²) in [5.41, 5.74) is 4.19. The smallest absolute Gasteiger partial charge is 0.205 e. The Morgan fingerprint density at radius 2 is 1.88 bits per heavy atom. The minimum atomic E-state index is 0.525. The van der Waals surface area contributed by atoms with Gasteiger partial charge >= 0.3 is 0 Å². The Morgan fingerprint density at radius 3 is 2.64 bits per heavy atom. The molecule has 0 unspecified atom stereocenters. The van der Waals surface area contributed by atoms with E-state index in [1.165, 1.54) is 37.7 Å². The molecule has 5 rings (SSSR count). The third-order valence-electron chi connectivity index (χ3n) is 6.49. The van der Waals surface area contributed by atoms with Gasteiger partial charge in [0.1, 0.15) is 5.82 Å². The Balaban J connectivity index is 1.38. The quantitative estimate of drug-likeness (QED) is 0.414. The first-order valence-electron chi connectivity index (χ1n) is 12.0. The largest absolute Gasteiger partial charge is 0.264 e. The number of aryl methyl sites for hydroxylation is 1. The molecule has 1 aromatic carbocycles. The van der Waals surface area contributed by atoms with Crippen LogP contribution in [0, 0.1) is 0 Å². The molecule has 0 radical (unpaired) electrons. The van der Waals surface area contributed by atoms with E-state index in [2.05, 4.69) is 61.5 Å². The molecule has 33 heavy (non-hydrogen) atoms. The normalized spacial score (nSPS) is 14.6. The van der Waals surface area contributed by atoms with E-state index in [0.717, 1.165) is 54.1 Å². The van der Waals surface area contributed by atoms with Crippen molar-refractivity contribution in [3.63, 3.8) is 0 Å². The lowest BCUT2D eigenvalue weighted by Gasteiger charge is -2.18. The predicted octanol–water partition coefficient (Wildman–Crippen LogP) is 4.96. The van der Waals surface area contributed by atoms with Gasteiger partial charge in [-0.2, -0.15) is 10.3 Å². The van der Waals surface area contributed by atoms with Gasteiger partial charge in [0.15, 0.2) is 5.82 Å². The highest BCUT2D eigenvalue weighted by atomic mass is 15.5. The molecule has 3 aromatic heterocycles. The van der Waals surface area contributed by atoms with Crippen molar-refractivity contribution in [3.8, 4) is 22.5 Å². The van der Waals surface area contributed by atoms with Crippen molar-refractivity contribution in [1.82, 2.24) is 40.4 Å². The van der Waals surface area contributed by atoms with Crippen molar-refractivity contribution < 1.29 is 0 Å². The SMILES string of the molecule is CCCCn1nc(C2CCCCC2)nc1Cc1ccc(-c2cnccc2-c2nn[nH]n2)cc1. The summed E-state index contributed by atoms with van der Waals surface area (Å²) in [4.78, 5) is 9.33. The number of unbranched alkanes of at least 4 members (excludes halogenated alkanes) is 1. The number of nitrogens with zero attached hydrogens (tertiary/aromatic N) is 7. The molecular formula is C25H30N8. The van der Waals surface area contributed by atoms with Crippen LogP contribution in [0.4, 0.5) is 0 Å². The summed E-state index contributed by atoms with van der Waals surface area (Å²) in [5.74, 6) is 3.22. The first-order chi connectivity index (χ1) is 16.3. The lowest BCUT2D eigenvalue weighted by Crippen LogP contribution is -2.08. The molecule has 3 heterocycles. The molecule has 4 aromatic rings. The third kappa shape index (κ3) is 4.84. The zero-order chi connectivity index (χ0) is 22.5. The third-order valence-corrected chi connectivity index (χ3v) is 6.49. The van der Waals surface area contributed by atoms with Crippen LogP contribution in [0.25, 0.3) is 22.5 Å². The molecule has 1 fully saturated rings. The number of hydrogen-bond donors (Lipinski definition) is 1. The van der Waals surface area contributed by atoms with Gasteiger partial charge in [0.05, 0.1) is 0 Å². The molecular weight excluding hydrogens is 412 g/mol. The summed E-state index contributed by atoms with van der Waals surface area (Å²) in [6.45, 7) is 3.16. The zero-order valence-electron chi connectivity index (χ0n) is 19.1. The molecule has 8 nitrogen and oxygen atoms in total. The Hall–Kier alpha value is -3.42. The molecule has 0 amide bonds. The average molecular weight is 443 g/mol. The summed E-state index contributed by atoms with van der Waals surface area (Å²) >= 11 is 0. The Morgan fingerprint density at radius 1 is 1.03 bits per heavy atom. The maximum absolute atomic E-state index is 5.03. The van der Waals surface area contributed by atoms with Crippen molar-refractivity contribution in [2.75, 3.05) is 0 Å². The summed E-state index contributed by atoms with van der Waals surface area (Å²) in [7, 11) is 0. The second-order valence-corrected chi connectivity index (χ2v) is 8.83. The fourth-order valence-corrected chi connectivity index (χ4v) is 4.63. The van der Waals surface area contributed by atoms with Crippen LogP contribution in [-0.4, -0.2) is 40.4 Å². The second-order valence-electron chi connectivity index (χ2n) is 8.83. The number of nitrogens with one attached hydrogen (secondary N) is 1. The predicted molar refractivity (Wildman–Crippen MR) is 126 cm³/mol. The number of H-pyrrole nitrogens is 1. The minimum Gasteiger partial charge on any atom is -0.264 e. The highest BCUT2D eigenvalue weighted by Gasteiger charge is 2.21. The number of benzene rings is 1. The van der Waals surface area contributed by atoms with E-state index in [0.29, 0.717) is 11.7 Å². The first kappa shape index (κ1) is 21.4. The lowest BCUT2D eigenvalue weighted by atomic mass is 9.89. The van der Waals surface area contributed by atoms with E-state index in [9.17, 15) is 0 Å². The van der Waals surface area contributed by atoms with Gasteiger partial charge in [-0.3, -0.25) is 4.98 Å². The van der Waals surface area contributed by atoms with E-state index in [1.807, 2.05) is 12.3 Å². The van der Waals surface area contributed by atoms with Crippen LogP contribution >= 0.6 is 0 Å². The van der Waals surface area contributed by atoms with Crippen molar-refractivity contribution in [2.24, 2.45) is 0 Å². The van der Waals surface area contributed by atoms with Gasteiger partial charge in [-0.1, -0.05) is 56.9 Å². The molecule has 8 heteroatoms. The number of aromatic amines is 1. The summed E-state index contributed by atoms with van der Waals surface area (Å²) in [5, 5.41) is 19.4. The highest BCUT2D eigenvalue weighted by Crippen LogP contribution is 2.32. The summed E-state index contributed by atoms with van der Waals surface area (Å²) in [6.07, 6.45) is 13.0. The van der Waals surface area contributed by atoms with Crippen molar-refractivity contribution in [1.29, 1.82) is 0 Å². The lowest BCUT2D eigenvalue weighted by molar-refractivity contribution is 0.425. The molecule has 0 aliphatic heterocycles. The van der Waals surface area contributed by atoms with Gasteiger partial charge in [0, 0.05) is 42.4 Å². The van der Waals surface area contributed by atoms with Gasteiger partial charge in [0.2, 0.25) is 5.82 Å². The molecule has 0 bridgehead atoms. The number of rotatable bonds is 8. The second kappa shape index (κ2) is 10.0. The Bertz CT molecular complexity index is 1160. The van der Waals surface area contributed by atoms with Gasteiger partial charge in [-0.25, -0.2) is 9.67 Å². The molecule has 1 N–H and O–H groups in total. The molecule has 170 valence electrons. The van der Waals surface area contributed by atoms with E-state index in [4.69, 9.17) is 10.1 Å². The maximum Gasteiger partial charge on any atom is 0.205 e. The standard InChI is InChI=1S/C25H30N8/c1-2-3-15-33-23(27-24(30-33)20-7-5-4-6-8-20)16-18-9-11-19(12-10-18)22-17-26-14-13-21(22)25-28-31-32-29-25/h9-14,17,20H,2-8,15-16H2,1H3,(H,28,29,31,32). The Kier molecular flexibility index (Phi) is 6.51. The van der Waals surface area contributed by atoms with Gasteiger partial charge < -0.3 is 0 Å². The fourth-order valence-electron chi connectivity index (χ4n) is 4.63. The van der Waals surface area contributed by atoms with Crippen LogP contribution in [0.3, 0.4) is 0 Å². The number of pyridine rings is 1. The van der Waals surface area contributed by atoms with Crippen molar-refractivity contribution in [3.05, 3.63) is 59.9 Å². The van der Waals surface area contributed by atoms with Gasteiger partial charge in [0.25, 0.3) is 0 Å². The molecule has 1 aliphatic rings. The zero-order valence-corrected chi connectivity index (χ0v) is 19.1. The fraction of sp³-hybridized carbons (Fsp3) is 0.440. The van der Waals surface area contributed by atoms with Crippen LogP contribution in [0.15, 0.2) is 42.7 Å². The van der Waals surface area contributed by atoms with Crippen molar-refractivity contribution >= 4 is 0 Å². The summed E-state index contributed by atoms with van der Waals surface area (Å²) in [6, 6.07) is 10.5. The average Bonchev–Trinajstić information content (AvgIpc) is 3.54. The van der Waals surface area contributed by atoms with E-state index in [-0.39, 0.29) is 0 Å². The molecule has 0 spiro atoms. The van der Waals surface area contributed by atoms with Gasteiger partial charge in [-0.05, 0) is 41.7 Å². The van der Waals surface area contributed by atoms with Crippen molar-refractivity contribution in [2.45, 2.75) is 70.8 Å². The maximum atomic E-state index is 5.03. The number of hydrogen-bond acceptors (Lipinski definition) is 6. The van der Waals surface area contributed by atoms with E-state index < -0.39 is 0 Å². The topological polar surface area (TPSA) is 98.1 Å². The van der Waals surface area contributed by atoms with Crippen LogP contribution in [0.2, 0.25) is 0 Å².